The van der Waals surface area contributed by atoms with Crippen molar-refractivity contribution in [2.45, 2.75) is 4.83 Å². The third-order valence-electron chi connectivity index (χ3n) is 2.28. The molecule has 0 N–H and O–H groups in total. The first-order valence-electron chi connectivity index (χ1n) is 4.73. The van der Waals surface area contributed by atoms with Crippen LogP contribution in [0.15, 0.2) is 35.7 Å². The van der Waals surface area contributed by atoms with E-state index < -0.39 is 0 Å². The normalized spacial score (nSPS) is 12.4. The zero-order valence-corrected chi connectivity index (χ0v) is 11.8. The highest BCUT2D eigenvalue weighted by Crippen LogP contribution is 2.38. The number of hydrogen-bond acceptors (Lipinski definition) is 2. The van der Waals surface area contributed by atoms with Crippen molar-refractivity contribution in [2.24, 2.45) is 0 Å². The molecule has 4 heteroatoms. The molecule has 1 atom stereocenters. The third kappa shape index (κ3) is 2.42. The van der Waals surface area contributed by atoms with Crippen molar-refractivity contribution in [3.05, 3.63) is 51.2 Å². The summed E-state index contributed by atoms with van der Waals surface area (Å²) in [6.45, 7) is 0. The van der Waals surface area contributed by atoms with Gasteiger partial charge in [-0.05, 0) is 29.1 Å². The third-order valence-corrected chi connectivity index (χ3v) is 5.00. The van der Waals surface area contributed by atoms with Crippen molar-refractivity contribution in [3.8, 4) is 5.75 Å². The monoisotopic (exact) mass is 316 g/mol. The van der Waals surface area contributed by atoms with Crippen molar-refractivity contribution < 1.29 is 4.74 Å². The molecule has 0 saturated carbocycles. The molecule has 1 heterocycles. The Morgan fingerprint density at radius 1 is 1.25 bits per heavy atom. The van der Waals surface area contributed by atoms with E-state index in [-0.39, 0.29) is 4.83 Å². The summed E-state index contributed by atoms with van der Waals surface area (Å²) in [4.78, 5) is 1.28. The number of hydrogen-bond donors (Lipinski definition) is 0. The number of methoxy groups -OCH3 is 1. The lowest BCUT2D eigenvalue weighted by Gasteiger charge is -2.09. The molecule has 2 rings (SSSR count). The van der Waals surface area contributed by atoms with Gasteiger partial charge >= 0.3 is 0 Å². The van der Waals surface area contributed by atoms with E-state index in [9.17, 15) is 0 Å². The molecule has 1 aromatic heterocycles. The van der Waals surface area contributed by atoms with Crippen LogP contribution in [0, 0.1) is 0 Å². The molecule has 0 fully saturated rings. The minimum Gasteiger partial charge on any atom is -0.497 e. The molecule has 0 amide bonds. The van der Waals surface area contributed by atoms with Gasteiger partial charge in [0, 0.05) is 4.88 Å². The first kappa shape index (κ1) is 12.0. The fourth-order valence-electron chi connectivity index (χ4n) is 1.41. The zero-order valence-electron chi connectivity index (χ0n) is 8.61. The Bertz CT molecular complexity index is 466. The maximum Gasteiger partial charge on any atom is 0.118 e. The smallest absolute Gasteiger partial charge is 0.118 e. The van der Waals surface area contributed by atoms with Crippen LogP contribution in [0.2, 0.25) is 5.02 Å². The minimum absolute atomic E-state index is 0.144. The van der Waals surface area contributed by atoms with Crippen molar-refractivity contribution >= 4 is 38.9 Å². The van der Waals surface area contributed by atoms with E-state index in [2.05, 4.69) is 15.9 Å². The van der Waals surface area contributed by atoms with Crippen LogP contribution >= 0.6 is 38.9 Å². The molecule has 2 aromatic rings. The van der Waals surface area contributed by atoms with E-state index in [0.29, 0.717) is 0 Å². The van der Waals surface area contributed by atoms with Crippen LogP contribution in [0.3, 0.4) is 0 Å². The van der Waals surface area contributed by atoms with Crippen LogP contribution in [0.5, 0.6) is 5.75 Å². The minimum atomic E-state index is 0.144. The van der Waals surface area contributed by atoms with E-state index in [1.807, 2.05) is 35.7 Å². The summed E-state index contributed by atoms with van der Waals surface area (Å²) in [7, 11) is 1.66. The van der Waals surface area contributed by atoms with Gasteiger partial charge in [-0.25, -0.2) is 0 Å². The molecule has 0 spiro atoms. The van der Waals surface area contributed by atoms with E-state index >= 15 is 0 Å². The molecule has 0 aliphatic carbocycles. The Morgan fingerprint density at radius 3 is 2.44 bits per heavy atom. The molecule has 0 radical (unpaired) electrons. The lowest BCUT2D eigenvalue weighted by atomic mass is 10.1. The molecule has 0 aliphatic heterocycles. The molecule has 1 nitrogen and oxygen atoms in total. The van der Waals surface area contributed by atoms with Crippen molar-refractivity contribution in [2.75, 3.05) is 7.11 Å². The second-order valence-electron chi connectivity index (χ2n) is 3.27. The SMILES string of the molecule is COc1ccc(C(Br)c2sccc2Cl)cc1. The average molecular weight is 318 g/mol. The lowest BCUT2D eigenvalue weighted by Crippen LogP contribution is -1.90. The highest BCUT2D eigenvalue weighted by Gasteiger charge is 2.14. The first-order valence-corrected chi connectivity index (χ1v) is 6.90. The molecule has 1 aromatic carbocycles. The standard InChI is InChI=1S/C12H10BrClOS/c1-15-9-4-2-8(3-5-9)11(13)12-10(14)6-7-16-12/h2-7,11H,1H3. The number of rotatable bonds is 3. The maximum atomic E-state index is 6.10. The van der Waals surface area contributed by atoms with Gasteiger partial charge < -0.3 is 4.74 Å². The Labute approximate surface area is 112 Å². The Morgan fingerprint density at radius 2 is 1.94 bits per heavy atom. The van der Waals surface area contributed by atoms with E-state index in [0.717, 1.165) is 15.6 Å². The van der Waals surface area contributed by atoms with Crippen molar-refractivity contribution in [3.63, 3.8) is 0 Å². The van der Waals surface area contributed by atoms with Gasteiger partial charge in [0.15, 0.2) is 0 Å². The number of halogens is 2. The molecule has 0 bridgehead atoms. The average Bonchev–Trinajstić information content (AvgIpc) is 2.75. The Hall–Kier alpha value is -0.510. The predicted octanol–water partition coefficient (Wildman–Crippen LogP) is 4.89. The van der Waals surface area contributed by atoms with Crippen LogP contribution in [-0.2, 0) is 0 Å². The fraction of sp³-hybridized carbons (Fsp3) is 0.167. The van der Waals surface area contributed by atoms with Gasteiger partial charge in [-0.1, -0.05) is 39.7 Å². The van der Waals surface area contributed by atoms with Gasteiger partial charge in [-0.15, -0.1) is 11.3 Å². The lowest BCUT2D eigenvalue weighted by molar-refractivity contribution is 0.414. The van der Waals surface area contributed by atoms with E-state index in [1.165, 1.54) is 5.56 Å². The Balaban J connectivity index is 2.27. The summed E-state index contributed by atoms with van der Waals surface area (Å²) < 4.78 is 5.12. The number of benzene rings is 1. The van der Waals surface area contributed by atoms with Crippen molar-refractivity contribution in [1.29, 1.82) is 0 Å². The van der Waals surface area contributed by atoms with Gasteiger partial charge in [0.2, 0.25) is 0 Å². The highest BCUT2D eigenvalue weighted by molar-refractivity contribution is 9.09. The van der Waals surface area contributed by atoms with Gasteiger partial charge in [0.1, 0.15) is 5.75 Å². The quantitative estimate of drug-likeness (QED) is 0.732. The van der Waals surface area contributed by atoms with Gasteiger partial charge in [0.25, 0.3) is 0 Å². The van der Waals surface area contributed by atoms with Crippen LogP contribution in [0.4, 0.5) is 0 Å². The van der Waals surface area contributed by atoms with E-state index in [1.54, 1.807) is 18.4 Å². The van der Waals surface area contributed by atoms with Crippen LogP contribution in [0.25, 0.3) is 0 Å². The molecule has 1 unspecified atom stereocenters. The molecule has 0 aliphatic rings. The van der Waals surface area contributed by atoms with Crippen molar-refractivity contribution in [1.82, 2.24) is 0 Å². The second-order valence-corrected chi connectivity index (χ2v) is 5.54. The van der Waals surface area contributed by atoms with Crippen LogP contribution in [0.1, 0.15) is 15.3 Å². The molecular weight excluding hydrogens is 308 g/mol. The number of thiophene rings is 1. The molecular formula is C12H10BrClOS. The number of alkyl halides is 1. The molecule has 16 heavy (non-hydrogen) atoms. The fourth-order valence-corrected chi connectivity index (χ4v) is 3.59. The summed E-state index contributed by atoms with van der Waals surface area (Å²) in [5, 5.41) is 2.80. The largest absolute Gasteiger partial charge is 0.497 e. The molecule has 84 valence electrons. The van der Waals surface area contributed by atoms with Crippen LogP contribution in [-0.4, -0.2) is 7.11 Å². The summed E-state index contributed by atoms with van der Waals surface area (Å²) in [5.41, 5.74) is 1.17. The summed E-state index contributed by atoms with van der Waals surface area (Å²) in [5.74, 6) is 0.862. The summed E-state index contributed by atoms with van der Waals surface area (Å²) >= 11 is 11.4. The van der Waals surface area contributed by atoms with Gasteiger partial charge in [0.05, 0.1) is 17.0 Å². The first-order chi connectivity index (χ1) is 7.72. The predicted molar refractivity (Wildman–Crippen MR) is 73.1 cm³/mol. The maximum absolute atomic E-state index is 6.10. The van der Waals surface area contributed by atoms with E-state index in [4.69, 9.17) is 16.3 Å². The second kappa shape index (κ2) is 5.21. The molecule has 0 saturated heterocycles. The van der Waals surface area contributed by atoms with Gasteiger partial charge in [-0.2, -0.15) is 0 Å². The Kier molecular flexibility index (Phi) is 3.90. The van der Waals surface area contributed by atoms with Crippen LogP contribution < -0.4 is 4.74 Å². The highest BCUT2D eigenvalue weighted by atomic mass is 79.9. The summed E-state index contributed by atoms with van der Waals surface area (Å²) in [6, 6.07) is 9.89. The van der Waals surface area contributed by atoms with Gasteiger partial charge in [-0.3, -0.25) is 0 Å². The zero-order chi connectivity index (χ0) is 11.5. The number of ether oxygens (including phenoxy) is 1. The summed E-state index contributed by atoms with van der Waals surface area (Å²) in [6.07, 6.45) is 0. The topological polar surface area (TPSA) is 9.23 Å².